The Bertz CT molecular complexity index is 832. The molecule has 4 nitrogen and oxygen atoms in total. The summed E-state index contributed by atoms with van der Waals surface area (Å²) in [6.45, 7) is 6.61. The topological polar surface area (TPSA) is 39.9 Å². The van der Waals surface area contributed by atoms with Gasteiger partial charge in [-0.15, -0.1) is 11.3 Å². The Balaban J connectivity index is 1.76. The number of rotatable bonds is 4. The van der Waals surface area contributed by atoms with Crippen molar-refractivity contribution in [2.75, 3.05) is 13.2 Å². The molecule has 1 aliphatic heterocycles. The van der Waals surface area contributed by atoms with Crippen LogP contribution in [0.1, 0.15) is 33.6 Å². The van der Waals surface area contributed by atoms with Gasteiger partial charge in [-0.2, -0.15) is 0 Å². The minimum absolute atomic E-state index is 0.414. The summed E-state index contributed by atoms with van der Waals surface area (Å²) in [6.07, 6.45) is 3.04. The third-order valence-corrected chi connectivity index (χ3v) is 5.61. The molecular weight excluding hydrogens is 318 g/mol. The molecule has 1 atom stereocenters. The Labute approximate surface area is 146 Å². The highest BCUT2D eigenvalue weighted by Gasteiger charge is 2.26. The second-order valence-electron chi connectivity index (χ2n) is 6.27. The van der Waals surface area contributed by atoms with Crippen LogP contribution in [0.2, 0.25) is 0 Å². The van der Waals surface area contributed by atoms with Crippen molar-refractivity contribution in [3.8, 4) is 11.3 Å². The molecule has 0 unspecified atom stereocenters. The van der Waals surface area contributed by atoms with E-state index in [0.717, 1.165) is 42.6 Å². The van der Waals surface area contributed by atoms with Crippen LogP contribution < -0.4 is 0 Å². The molecule has 0 radical (unpaired) electrons. The van der Waals surface area contributed by atoms with Crippen molar-refractivity contribution in [2.45, 2.75) is 32.7 Å². The first-order chi connectivity index (χ1) is 11.7. The number of hydrogen-bond acceptors (Lipinski definition) is 4. The van der Waals surface area contributed by atoms with Gasteiger partial charge < -0.3 is 9.30 Å². The van der Waals surface area contributed by atoms with E-state index < -0.39 is 0 Å². The van der Waals surface area contributed by atoms with Crippen molar-refractivity contribution in [3.63, 3.8) is 0 Å². The fraction of sp³-hybridized carbons (Fsp3) is 0.368. The first kappa shape index (κ1) is 15.5. The van der Waals surface area contributed by atoms with E-state index in [2.05, 4.69) is 47.7 Å². The largest absolute Gasteiger partial charge is 0.381 e. The lowest BCUT2D eigenvalue weighted by Crippen LogP contribution is -2.09. The van der Waals surface area contributed by atoms with Gasteiger partial charge in [0.05, 0.1) is 41.6 Å². The van der Waals surface area contributed by atoms with Gasteiger partial charge in [0.1, 0.15) is 0 Å². The molecule has 1 aromatic carbocycles. The zero-order chi connectivity index (χ0) is 16.5. The number of benzene rings is 1. The number of hydrogen-bond donors (Lipinski definition) is 0. The Morgan fingerprint density at radius 1 is 1.25 bits per heavy atom. The molecule has 1 saturated heterocycles. The van der Waals surface area contributed by atoms with E-state index in [1.165, 1.54) is 16.1 Å². The molecule has 1 aliphatic rings. The molecule has 0 spiro atoms. The molecule has 124 valence electrons. The van der Waals surface area contributed by atoms with Crippen LogP contribution in [-0.2, 0) is 11.3 Å². The average molecular weight is 339 g/mol. The van der Waals surface area contributed by atoms with Crippen LogP contribution in [0.5, 0.6) is 0 Å². The zero-order valence-electron chi connectivity index (χ0n) is 14.0. The molecule has 1 fully saturated rings. The third kappa shape index (κ3) is 2.89. The number of nitrogens with zero attached hydrogens (tertiary/aromatic N) is 3. The number of imidazole rings is 1. The highest BCUT2D eigenvalue weighted by atomic mass is 32.1. The predicted molar refractivity (Wildman–Crippen MR) is 96.5 cm³/mol. The Morgan fingerprint density at radius 2 is 2.08 bits per heavy atom. The predicted octanol–water partition coefficient (Wildman–Crippen LogP) is 4.18. The molecule has 0 aliphatic carbocycles. The van der Waals surface area contributed by atoms with E-state index in [1.54, 1.807) is 11.3 Å². The highest BCUT2D eigenvalue weighted by molar-refractivity contribution is 7.11. The summed E-state index contributed by atoms with van der Waals surface area (Å²) in [4.78, 5) is 10.6. The summed E-state index contributed by atoms with van der Waals surface area (Å²) in [5, 5.41) is 1.12. The van der Waals surface area contributed by atoms with Gasteiger partial charge in [0.25, 0.3) is 0 Å². The molecule has 0 amide bonds. The normalized spacial score (nSPS) is 17.5. The standard InChI is InChI=1S/C19H21N3OS/c1-13-17(24-14(2)21-13)10-22-12-20-18(15-6-4-3-5-7-15)19(22)16-8-9-23-11-16/h3-7,12,16H,8-11H2,1-2H3/t16-/m0/s1. The lowest BCUT2D eigenvalue weighted by Gasteiger charge is -2.14. The second kappa shape index (κ2) is 6.49. The van der Waals surface area contributed by atoms with E-state index in [1.807, 2.05) is 12.4 Å². The molecule has 3 aromatic rings. The Morgan fingerprint density at radius 3 is 2.75 bits per heavy atom. The summed E-state index contributed by atoms with van der Waals surface area (Å²) < 4.78 is 7.95. The van der Waals surface area contributed by atoms with Gasteiger partial charge in [-0.05, 0) is 20.3 Å². The molecule has 4 rings (SSSR count). The lowest BCUT2D eigenvalue weighted by molar-refractivity contribution is 0.193. The second-order valence-corrected chi connectivity index (χ2v) is 7.56. The average Bonchev–Trinajstić information content (AvgIpc) is 3.29. The zero-order valence-corrected chi connectivity index (χ0v) is 14.8. The van der Waals surface area contributed by atoms with Gasteiger partial charge >= 0.3 is 0 Å². The summed E-state index contributed by atoms with van der Waals surface area (Å²) in [7, 11) is 0. The van der Waals surface area contributed by atoms with Crippen LogP contribution in [-0.4, -0.2) is 27.7 Å². The van der Waals surface area contributed by atoms with Gasteiger partial charge in [0, 0.05) is 23.0 Å². The fourth-order valence-corrected chi connectivity index (χ4v) is 4.33. The van der Waals surface area contributed by atoms with Crippen molar-refractivity contribution in [1.82, 2.24) is 14.5 Å². The molecule has 3 heterocycles. The van der Waals surface area contributed by atoms with E-state index in [0.29, 0.717) is 5.92 Å². The first-order valence-electron chi connectivity index (χ1n) is 8.33. The van der Waals surface area contributed by atoms with E-state index in [-0.39, 0.29) is 0 Å². The van der Waals surface area contributed by atoms with Crippen LogP contribution >= 0.6 is 11.3 Å². The number of aryl methyl sites for hydroxylation is 2. The van der Waals surface area contributed by atoms with Crippen molar-refractivity contribution in [3.05, 3.63) is 57.9 Å². The Kier molecular flexibility index (Phi) is 4.21. The van der Waals surface area contributed by atoms with Crippen molar-refractivity contribution in [2.24, 2.45) is 0 Å². The summed E-state index contributed by atoms with van der Waals surface area (Å²) in [5.74, 6) is 0.414. The van der Waals surface area contributed by atoms with Crippen LogP contribution in [0.25, 0.3) is 11.3 Å². The van der Waals surface area contributed by atoms with Gasteiger partial charge in [-0.1, -0.05) is 30.3 Å². The summed E-state index contributed by atoms with van der Waals surface area (Å²) >= 11 is 1.77. The van der Waals surface area contributed by atoms with Gasteiger partial charge in [0.15, 0.2) is 0 Å². The molecule has 0 bridgehead atoms. The van der Waals surface area contributed by atoms with E-state index >= 15 is 0 Å². The quantitative estimate of drug-likeness (QED) is 0.716. The van der Waals surface area contributed by atoms with Crippen LogP contribution in [0, 0.1) is 13.8 Å². The van der Waals surface area contributed by atoms with Crippen molar-refractivity contribution < 1.29 is 4.74 Å². The third-order valence-electron chi connectivity index (χ3n) is 4.56. The number of aromatic nitrogens is 3. The number of thiazole rings is 1. The SMILES string of the molecule is Cc1nc(C)c(Cn2cnc(-c3ccccc3)c2[C@H]2CCOC2)s1. The first-order valence-corrected chi connectivity index (χ1v) is 9.15. The summed E-state index contributed by atoms with van der Waals surface area (Å²) in [6, 6.07) is 10.4. The molecule has 0 N–H and O–H groups in total. The lowest BCUT2D eigenvalue weighted by atomic mass is 9.99. The number of ether oxygens (including phenoxy) is 1. The van der Waals surface area contributed by atoms with Gasteiger partial charge in [-0.3, -0.25) is 0 Å². The van der Waals surface area contributed by atoms with Gasteiger partial charge in [-0.25, -0.2) is 9.97 Å². The fourth-order valence-electron chi connectivity index (χ4n) is 3.39. The minimum atomic E-state index is 0.414. The minimum Gasteiger partial charge on any atom is -0.381 e. The highest BCUT2D eigenvalue weighted by Crippen LogP contribution is 2.34. The molecule has 2 aromatic heterocycles. The summed E-state index contributed by atoms with van der Waals surface area (Å²) in [5.41, 5.74) is 4.69. The van der Waals surface area contributed by atoms with E-state index in [4.69, 9.17) is 9.72 Å². The van der Waals surface area contributed by atoms with Crippen molar-refractivity contribution >= 4 is 11.3 Å². The molecule has 0 saturated carbocycles. The van der Waals surface area contributed by atoms with Gasteiger partial charge in [0.2, 0.25) is 0 Å². The smallest absolute Gasteiger partial charge is 0.0959 e. The van der Waals surface area contributed by atoms with E-state index in [9.17, 15) is 0 Å². The molecule has 5 heteroatoms. The van der Waals surface area contributed by atoms with Crippen molar-refractivity contribution in [1.29, 1.82) is 0 Å². The Hall–Kier alpha value is -1.98. The monoisotopic (exact) mass is 339 g/mol. The molecular formula is C19H21N3OS. The molecule has 24 heavy (non-hydrogen) atoms. The maximum atomic E-state index is 5.65. The maximum Gasteiger partial charge on any atom is 0.0959 e. The van der Waals surface area contributed by atoms with Crippen LogP contribution in [0.3, 0.4) is 0 Å². The maximum absolute atomic E-state index is 5.65. The van der Waals surface area contributed by atoms with Crippen LogP contribution in [0.15, 0.2) is 36.7 Å². The van der Waals surface area contributed by atoms with Crippen LogP contribution in [0.4, 0.5) is 0 Å².